The molecule has 2 aliphatic heterocycles. The maximum atomic E-state index is 13.3. The molecule has 2 aromatic heterocycles. The van der Waals surface area contributed by atoms with Crippen LogP contribution in [-0.2, 0) is 18.4 Å². The lowest BCUT2D eigenvalue weighted by atomic mass is 10.00. The average Bonchev–Trinajstić information content (AvgIpc) is 3.31. The summed E-state index contributed by atoms with van der Waals surface area (Å²) in [6, 6.07) is 7.81. The normalized spacial score (nSPS) is 21.8. The molecule has 1 aromatic carbocycles. The lowest BCUT2D eigenvalue weighted by Crippen LogP contribution is -2.50. The molecule has 2 aliphatic rings. The highest BCUT2D eigenvalue weighted by atomic mass is 16.5. The molecule has 27 heavy (non-hydrogen) atoms. The van der Waals surface area contributed by atoms with Gasteiger partial charge in [-0.1, -0.05) is 5.21 Å². The first kappa shape index (κ1) is 16.3. The van der Waals surface area contributed by atoms with E-state index in [2.05, 4.69) is 10.3 Å². The number of carbonyl (C=O) groups is 1. The van der Waals surface area contributed by atoms with Crippen LogP contribution in [0, 0.1) is 0 Å². The van der Waals surface area contributed by atoms with Gasteiger partial charge >= 0.3 is 0 Å². The Morgan fingerprint density at radius 1 is 1.33 bits per heavy atom. The van der Waals surface area contributed by atoms with Crippen molar-refractivity contribution < 1.29 is 14.3 Å². The highest BCUT2D eigenvalue weighted by Crippen LogP contribution is 2.31. The predicted molar refractivity (Wildman–Crippen MR) is 97.6 cm³/mol. The SMILES string of the molecule is COc1ccc2cc(C(=O)N3CC[C@H]4OCc5cnnn5[C@H]4C3)n(C)c2c1. The molecule has 3 aromatic rings. The summed E-state index contributed by atoms with van der Waals surface area (Å²) < 4.78 is 15.1. The van der Waals surface area contributed by atoms with Gasteiger partial charge in [0.1, 0.15) is 11.4 Å². The number of fused-ring (bicyclic) bond motifs is 4. The molecule has 1 saturated heterocycles. The summed E-state index contributed by atoms with van der Waals surface area (Å²) in [6.07, 6.45) is 2.61. The van der Waals surface area contributed by atoms with Gasteiger partial charge in [0.05, 0.1) is 43.3 Å². The topological polar surface area (TPSA) is 74.4 Å². The lowest BCUT2D eigenvalue weighted by molar-refractivity contribution is -0.0606. The van der Waals surface area contributed by atoms with E-state index in [1.807, 2.05) is 45.5 Å². The molecule has 0 radical (unpaired) electrons. The van der Waals surface area contributed by atoms with Crippen LogP contribution in [0.1, 0.15) is 28.6 Å². The first-order valence-electron chi connectivity index (χ1n) is 9.09. The largest absolute Gasteiger partial charge is 0.497 e. The van der Waals surface area contributed by atoms with Crippen LogP contribution in [0.2, 0.25) is 0 Å². The minimum atomic E-state index is 0.0173. The van der Waals surface area contributed by atoms with Gasteiger partial charge in [-0.25, -0.2) is 4.68 Å². The van der Waals surface area contributed by atoms with Gasteiger partial charge < -0.3 is 18.9 Å². The van der Waals surface area contributed by atoms with Crippen LogP contribution < -0.4 is 4.74 Å². The van der Waals surface area contributed by atoms with Crippen LogP contribution in [0.3, 0.4) is 0 Å². The Labute approximate surface area is 156 Å². The molecule has 0 spiro atoms. The number of rotatable bonds is 2. The Balaban J connectivity index is 1.45. The quantitative estimate of drug-likeness (QED) is 0.690. The van der Waals surface area contributed by atoms with Crippen molar-refractivity contribution in [2.75, 3.05) is 20.2 Å². The number of amides is 1. The zero-order valence-electron chi connectivity index (χ0n) is 15.3. The van der Waals surface area contributed by atoms with Gasteiger partial charge in [-0.2, -0.15) is 0 Å². The second-order valence-electron chi connectivity index (χ2n) is 7.14. The maximum absolute atomic E-state index is 13.3. The van der Waals surface area contributed by atoms with Gasteiger partial charge in [0.25, 0.3) is 5.91 Å². The molecule has 8 heteroatoms. The molecular formula is C19H21N5O3. The Kier molecular flexibility index (Phi) is 3.68. The molecule has 0 aliphatic carbocycles. The molecular weight excluding hydrogens is 346 g/mol. The fourth-order valence-electron chi connectivity index (χ4n) is 4.17. The summed E-state index contributed by atoms with van der Waals surface area (Å²) in [6.45, 7) is 1.78. The smallest absolute Gasteiger partial charge is 0.270 e. The van der Waals surface area contributed by atoms with E-state index >= 15 is 0 Å². The van der Waals surface area contributed by atoms with Crippen molar-refractivity contribution in [2.24, 2.45) is 7.05 Å². The molecule has 4 heterocycles. The summed E-state index contributed by atoms with van der Waals surface area (Å²) in [5.41, 5.74) is 2.61. The van der Waals surface area contributed by atoms with Gasteiger partial charge in [0.15, 0.2) is 0 Å². The summed E-state index contributed by atoms with van der Waals surface area (Å²) in [5.74, 6) is 0.805. The van der Waals surface area contributed by atoms with Gasteiger partial charge in [-0.05, 0) is 24.6 Å². The van der Waals surface area contributed by atoms with Crippen LogP contribution in [0.25, 0.3) is 10.9 Å². The minimum Gasteiger partial charge on any atom is -0.497 e. The van der Waals surface area contributed by atoms with E-state index in [4.69, 9.17) is 9.47 Å². The molecule has 140 valence electrons. The van der Waals surface area contributed by atoms with Crippen molar-refractivity contribution in [3.8, 4) is 5.75 Å². The zero-order chi connectivity index (χ0) is 18.5. The first-order valence-corrected chi connectivity index (χ1v) is 9.09. The number of benzene rings is 1. The Bertz CT molecular complexity index is 1020. The monoisotopic (exact) mass is 367 g/mol. The second-order valence-corrected chi connectivity index (χ2v) is 7.14. The van der Waals surface area contributed by atoms with Crippen LogP contribution in [0.15, 0.2) is 30.5 Å². The van der Waals surface area contributed by atoms with Crippen molar-refractivity contribution in [1.29, 1.82) is 0 Å². The Morgan fingerprint density at radius 2 is 2.22 bits per heavy atom. The molecule has 1 fully saturated rings. The number of aromatic nitrogens is 4. The summed E-state index contributed by atoms with van der Waals surface area (Å²) in [7, 11) is 3.56. The Hall–Kier alpha value is -2.87. The summed E-state index contributed by atoms with van der Waals surface area (Å²) >= 11 is 0. The van der Waals surface area contributed by atoms with E-state index in [-0.39, 0.29) is 18.1 Å². The third-order valence-corrected chi connectivity index (χ3v) is 5.69. The van der Waals surface area contributed by atoms with Crippen molar-refractivity contribution in [3.63, 3.8) is 0 Å². The molecule has 0 N–H and O–H groups in total. The fraction of sp³-hybridized carbons (Fsp3) is 0.421. The number of aryl methyl sites for hydroxylation is 1. The van der Waals surface area contributed by atoms with Gasteiger partial charge in [-0.15, -0.1) is 5.10 Å². The number of nitrogens with zero attached hydrogens (tertiary/aromatic N) is 5. The number of likely N-dealkylation sites (tertiary alicyclic amines) is 1. The number of carbonyl (C=O) groups excluding carboxylic acids is 1. The third-order valence-electron chi connectivity index (χ3n) is 5.69. The zero-order valence-corrected chi connectivity index (χ0v) is 15.3. The molecule has 1 amide bonds. The molecule has 0 saturated carbocycles. The summed E-state index contributed by atoms with van der Waals surface area (Å²) in [5, 5.41) is 9.23. The number of hydrogen-bond donors (Lipinski definition) is 0. The molecule has 0 bridgehead atoms. The second kappa shape index (κ2) is 6.09. The number of piperidine rings is 1. The van der Waals surface area contributed by atoms with Crippen LogP contribution >= 0.6 is 0 Å². The minimum absolute atomic E-state index is 0.0173. The van der Waals surface area contributed by atoms with Gasteiger partial charge in [-0.3, -0.25) is 4.79 Å². The number of ether oxygens (including phenoxy) is 2. The van der Waals surface area contributed by atoms with Crippen LogP contribution in [-0.4, -0.2) is 56.7 Å². The van der Waals surface area contributed by atoms with Crippen molar-refractivity contribution in [3.05, 3.63) is 41.9 Å². The van der Waals surface area contributed by atoms with E-state index in [1.54, 1.807) is 13.3 Å². The number of methoxy groups -OCH3 is 1. The van der Waals surface area contributed by atoms with E-state index in [1.165, 1.54) is 0 Å². The molecule has 8 nitrogen and oxygen atoms in total. The molecule has 2 atom stereocenters. The fourth-order valence-corrected chi connectivity index (χ4v) is 4.17. The van der Waals surface area contributed by atoms with E-state index < -0.39 is 0 Å². The van der Waals surface area contributed by atoms with Crippen LogP contribution in [0.5, 0.6) is 5.75 Å². The maximum Gasteiger partial charge on any atom is 0.270 e. The van der Waals surface area contributed by atoms with E-state index in [0.29, 0.717) is 25.4 Å². The average molecular weight is 367 g/mol. The van der Waals surface area contributed by atoms with Crippen LogP contribution in [0.4, 0.5) is 0 Å². The molecule has 0 unspecified atom stereocenters. The molecule has 5 rings (SSSR count). The van der Waals surface area contributed by atoms with Gasteiger partial charge in [0.2, 0.25) is 0 Å². The highest BCUT2D eigenvalue weighted by molar-refractivity contribution is 5.99. The van der Waals surface area contributed by atoms with Gasteiger partial charge in [0, 0.05) is 31.6 Å². The first-order chi connectivity index (χ1) is 13.2. The third kappa shape index (κ3) is 2.51. The highest BCUT2D eigenvalue weighted by Gasteiger charge is 2.38. The standard InChI is InChI=1S/C19H21N5O3/c1-22-15-8-14(26-2)4-3-12(15)7-16(22)19(25)23-6-5-18-17(10-23)24-13(11-27-18)9-20-21-24/h3-4,7-9,17-18H,5-6,10-11H2,1-2H3/t17-,18+/m0/s1. The Morgan fingerprint density at radius 3 is 3.07 bits per heavy atom. The van der Waals surface area contributed by atoms with E-state index in [0.717, 1.165) is 28.8 Å². The van der Waals surface area contributed by atoms with Crippen molar-refractivity contribution in [1.82, 2.24) is 24.5 Å². The van der Waals surface area contributed by atoms with Crippen molar-refractivity contribution in [2.45, 2.75) is 25.2 Å². The number of hydrogen-bond acceptors (Lipinski definition) is 5. The lowest BCUT2D eigenvalue weighted by Gasteiger charge is -2.41. The predicted octanol–water partition coefficient (Wildman–Crippen LogP) is 1.76. The van der Waals surface area contributed by atoms with Crippen molar-refractivity contribution >= 4 is 16.8 Å². The summed E-state index contributed by atoms with van der Waals surface area (Å²) in [4.78, 5) is 15.2. The van der Waals surface area contributed by atoms with E-state index in [9.17, 15) is 4.79 Å².